The average molecular weight is 257 g/mol. The molecule has 2 aliphatic rings. The van der Waals surface area contributed by atoms with Crippen molar-refractivity contribution in [3.63, 3.8) is 0 Å². The van der Waals surface area contributed by atoms with E-state index >= 15 is 0 Å². The maximum absolute atomic E-state index is 11.1. The van der Waals surface area contributed by atoms with Gasteiger partial charge in [-0.2, -0.15) is 0 Å². The molecule has 104 valence electrons. The van der Waals surface area contributed by atoms with E-state index in [-0.39, 0.29) is 5.60 Å². The highest BCUT2D eigenvalue weighted by Gasteiger charge is 2.41. The summed E-state index contributed by atoms with van der Waals surface area (Å²) in [7, 11) is 1.90. The van der Waals surface area contributed by atoms with Crippen LogP contribution in [-0.4, -0.2) is 60.5 Å². The zero-order chi connectivity index (χ0) is 13.2. The van der Waals surface area contributed by atoms with E-state index in [1.54, 1.807) is 6.92 Å². The summed E-state index contributed by atoms with van der Waals surface area (Å²) in [5.41, 5.74) is -0.0757. The Balaban J connectivity index is 1.99. The van der Waals surface area contributed by atoms with Gasteiger partial charge in [-0.25, -0.2) is 0 Å². The zero-order valence-electron chi connectivity index (χ0n) is 11.2. The molecule has 0 aromatic heterocycles. The minimum atomic E-state index is -0.759. The third-order valence-corrected chi connectivity index (χ3v) is 4.42. The molecule has 0 aromatic carbocycles. The number of nitrogens with zero attached hydrogens (tertiary/aromatic N) is 1. The maximum Gasteiger partial charge on any atom is 0.320 e. The topological polar surface area (TPSA) is 59.0 Å². The molecule has 5 nitrogen and oxygen atoms in total. The minimum Gasteiger partial charge on any atom is -0.480 e. The number of carboxylic acid groups (broad SMARTS) is 1. The number of carbonyl (C=O) groups is 1. The predicted molar refractivity (Wildman–Crippen MR) is 66.6 cm³/mol. The van der Waals surface area contributed by atoms with Crippen LogP contribution in [0.15, 0.2) is 0 Å². The molecule has 0 bridgehead atoms. The Labute approximate surface area is 108 Å². The predicted octanol–water partition coefficient (Wildman–Crippen LogP) is 1.12. The van der Waals surface area contributed by atoms with Crippen LogP contribution >= 0.6 is 0 Å². The lowest BCUT2D eigenvalue weighted by atomic mass is 9.83. The van der Waals surface area contributed by atoms with Crippen molar-refractivity contribution in [2.24, 2.45) is 0 Å². The van der Waals surface area contributed by atoms with Crippen LogP contribution in [0.2, 0.25) is 0 Å². The van der Waals surface area contributed by atoms with Gasteiger partial charge in [0.15, 0.2) is 0 Å². The second-order valence-corrected chi connectivity index (χ2v) is 5.47. The number of ether oxygens (including phenoxy) is 2. The van der Waals surface area contributed by atoms with Gasteiger partial charge in [-0.05, 0) is 39.7 Å². The lowest BCUT2D eigenvalue weighted by molar-refractivity contribution is -0.159. The van der Waals surface area contributed by atoms with Crippen LogP contribution in [-0.2, 0) is 14.3 Å². The van der Waals surface area contributed by atoms with E-state index in [1.807, 2.05) is 11.9 Å². The molecule has 5 heteroatoms. The number of carboxylic acids is 1. The van der Waals surface area contributed by atoms with E-state index in [0.717, 1.165) is 45.5 Å². The molecular formula is C13H23NO4. The molecule has 18 heavy (non-hydrogen) atoms. The van der Waals surface area contributed by atoms with Gasteiger partial charge in [0, 0.05) is 25.9 Å². The van der Waals surface area contributed by atoms with E-state index in [1.165, 1.54) is 0 Å². The number of aliphatic carboxylic acids is 1. The number of rotatable bonds is 3. The van der Waals surface area contributed by atoms with Crippen LogP contribution in [0.5, 0.6) is 0 Å². The van der Waals surface area contributed by atoms with E-state index in [4.69, 9.17) is 14.6 Å². The second kappa shape index (κ2) is 5.55. The first-order chi connectivity index (χ1) is 8.54. The average Bonchev–Trinajstić information content (AvgIpc) is 2.38. The molecule has 2 atom stereocenters. The highest BCUT2D eigenvalue weighted by atomic mass is 16.5. The quantitative estimate of drug-likeness (QED) is 0.821. The minimum absolute atomic E-state index is 0.0757. The molecular weight excluding hydrogens is 234 g/mol. The lowest BCUT2D eigenvalue weighted by Gasteiger charge is -2.46. The number of likely N-dealkylation sites (N-methyl/N-ethyl adjacent to an activating group) is 1. The van der Waals surface area contributed by atoms with E-state index in [0.29, 0.717) is 6.04 Å². The molecule has 2 aliphatic heterocycles. The standard InChI is InChI=1S/C13H23NO4/c1-10(12(15)16)14(2)11-3-6-18-13(9-11)4-7-17-8-5-13/h10-11H,3-9H2,1-2H3,(H,15,16). The maximum atomic E-state index is 11.1. The van der Waals surface area contributed by atoms with Gasteiger partial charge in [0.2, 0.25) is 0 Å². The SMILES string of the molecule is CC(C(=O)O)N(C)C1CCOC2(CCOCC2)C1. The van der Waals surface area contributed by atoms with Crippen LogP contribution < -0.4 is 0 Å². The van der Waals surface area contributed by atoms with Crippen molar-refractivity contribution in [1.82, 2.24) is 4.90 Å². The largest absolute Gasteiger partial charge is 0.480 e. The molecule has 0 aliphatic carbocycles. The first-order valence-corrected chi connectivity index (χ1v) is 6.70. The van der Waals surface area contributed by atoms with Gasteiger partial charge in [-0.3, -0.25) is 9.69 Å². The normalized spacial score (nSPS) is 29.4. The number of hydrogen-bond acceptors (Lipinski definition) is 4. The van der Waals surface area contributed by atoms with Crippen molar-refractivity contribution in [2.45, 2.75) is 50.3 Å². The summed E-state index contributed by atoms with van der Waals surface area (Å²) in [4.78, 5) is 13.0. The Morgan fingerprint density at radius 3 is 2.67 bits per heavy atom. The van der Waals surface area contributed by atoms with Gasteiger partial charge in [0.25, 0.3) is 0 Å². The third kappa shape index (κ3) is 2.84. The summed E-state index contributed by atoms with van der Waals surface area (Å²) < 4.78 is 11.4. The summed E-state index contributed by atoms with van der Waals surface area (Å²) in [5.74, 6) is -0.759. The number of hydrogen-bond donors (Lipinski definition) is 1. The zero-order valence-corrected chi connectivity index (χ0v) is 11.2. The van der Waals surface area contributed by atoms with Gasteiger partial charge in [-0.1, -0.05) is 0 Å². The Kier molecular flexibility index (Phi) is 4.25. The van der Waals surface area contributed by atoms with Crippen molar-refractivity contribution >= 4 is 5.97 Å². The van der Waals surface area contributed by atoms with E-state index in [2.05, 4.69) is 0 Å². The lowest BCUT2D eigenvalue weighted by Crippen LogP contribution is -2.53. The molecule has 0 amide bonds. The van der Waals surface area contributed by atoms with Crippen molar-refractivity contribution in [1.29, 1.82) is 0 Å². The Morgan fingerprint density at radius 1 is 1.39 bits per heavy atom. The van der Waals surface area contributed by atoms with Crippen molar-refractivity contribution in [3.8, 4) is 0 Å². The Hall–Kier alpha value is -0.650. The van der Waals surface area contributed by atoms with Gasteiger partial charge in [0.05, 0.1) is 5.60 Å². The Morgan fingerprint density at radius 2 is 2.06 bits per heavy atom. The summed E-state index contributed by atoms with van der Waals surface area (Å²) in [6.07, 6.45) is 3.69. The first kappa shape index (κ1) is 13.8. The molecule has 1 N–H and O–H groups in total. The van der Waals surface area contributed by atoms with Crippen molar-refractivity contribution < 1.29 is 19.4 Å². The molecule has 0 aromatic rings. The van der Waals surface area contributed by atoms with Gasteiger partial charge >= 0.3 is 5.97 Å². The Bertz CT molecular complexity index is 296. The smallest absolute Gasteiger partial charge is 0.320 e. The van der Waals surface area contributed by atoms with Crippen LogP contribution in [0, 0.1) is 0 Å². The molecule has 2 heterocycles. The molecule has 2 rings (SSSR count). The molecule has 1 spiro atoms. The van der Waals surface area contributed by atoms with Crippen LogP contribution in [0.4, 0.5) is 0 Å². The van der Waals surface area contributed by atoms with Crippen LogP contribution in [0.25, 0.3) is 0 Å². The molecule has 0 saturated carbocycles. The van der Waals surface area contributed by atoms with Gasteiger partial charge in [0.1, 0.15) is 6.04 Å². The van der Waals surface area contributed by atoms with Crippen LogP contribution in [0.1, 0.15) is 32.6 Å². The van der Waals surface area contributed by atoms with E-state index in [9.17, 15) is 4.79 Å². The summed E-state index contributed by atoms with van der Waals surface area (Å²) in [5, 5.41) is 9.09. The molecule has 2 saturated heterocycles. The summed E-state index contributed by atoms with van der Waals surface area (Å²) >= 11 is 0. The van der Waals surface area contributed by atoms with Crippen molar-refractivity contribution in [2.75, 3.05) is 26.9 Å². The second-order valence-electron chi connectivity index (χ2n) is 5.47. The fourth-order valence-electron chi connectivity index (χ4n) is 2.93. The molecule has 2 unspecified atom stereocenters. The summed E-state index contributed by atoms with van der Waals surface area (Å²) in [6.45, 7) is 3.98. The highest BCUT2D eigenvalue weighted by molar-refractivity contribution is 5.72. The fraction of sp³-hybridized carbons (Fsp3) is 0.923. The van der Waals surface area contributed by atoms with Gasteiger partial charge in [-0.15, -0.1) is 0 Å². The monoisotopic (exact) mass is 257 g/mol. The highest BCUT2D eigenvalue weighted by Crippen LogP contribution is 2.36. The first-order valence-electron chi connectivity index (χ1n) is 6.70. The van der Waals surface area contributed by atoms with Crippen LogP contribution in [0.3, 0.4) is 0 Å². The van der Waals surface area contributed by atoms with Gasteiger partial charge < -0.3 is 14.6 Å². The van der Waals surface area contributed by atoms with E-state index < -0.39 is 12.0 Å². The summed E-state index contributed by atoms with van der Waals surface area (Å²) in [6, 6.07) is -0.145. The molecule has 0 radical (unpaired) electrons. The fourth-order valence-corrected chi connectivity index (χ4v) is 2.93. The van der Waals surface area contributed by atoms with Crippen molar-refractivity contribution in [3.05, 3.63) is 0 Å². The molecule has 2 fully saturated rings. The third-order valence-electron chi connectivity index (χ3n) is 4.42.